The van der Waals surface area contributed by atoms with Gasteiger partial charge in [0.1, 0.15) is 11.5 Å². The molecule has 0 unspecified atom stereocenters. The molecule has 124 valence electrons. The second-order valence-electron chi connectivity index (χ2n) is 5.42. The molecule has 0 aliphatic rings. The largest absolute Gasteiger partial charge is 0.497 e. The Morgan fingerprint density at radius 1 is 1.14 bits per heavy atom. The van der Waals surface area contributed by atoms with Crippen LogP contribution in [0.15, 0.2) is 29.3 Å². The summed E-state index contributed by atoms with van der Waals surface area (Å²) in [6.45, 7) is 9.60. The molecular formula is C17H29N3O2. The van der Waals surface area contributed by atoms with E-state index >= 15 is 0 Å². The highest BCUT2D eigenvalue weighted by molar-refractivity contribution is 5.79. The summed E-state index contributed by atoms with van der Waals surface area (Å²) >= 11 is 0. The van der Waals surface area contributed by atoms with Gasteiger partial charge in [-0.25, -0.2) is 0 Å². The second kappa shape index (κ2) is 10.8. The van der Waals surface area contributed by atoms with Crippen molar-refractivity contribution in [3.8, 4) is 11.5 Å². The summed E-state index contributed by atoms with van der Waals surface area (Å²) in [7, 11) is 1.66. The van der Waals surface area contributed by atoms with Crippen LogP contribution in [0.25, 0.3) is 0 Å². The zero-order valence-electron chi connectivity index (χ0n) is 14.2. The van der Waals surface area contributed by atoms with Crippen LogP contribution >= 0.6 is 0 Å². The fraction of sp³-hybridized carbons (Fsp3) is 0.588. The van der Waals surface area contributed by atoms with E-state index in [2.05, 4.69) is 36.4 Å². The molecule has 0 spiro atoms. The lowest BCUT2D eigenvalue weighted by atomic mass is 10.2. The standard InChI is InChI=1S/C17H29N3O2/c1-5-18-17(20-13-14(2)3)19-11-6-12-22-16-9-7-15(21-4)8-10-16/h7-10,14H,5-6,11-13H2,1-4H3,(H2,18,19,20). The first-order chi connectivity index (χ1) is 10.7. The number of nitrogens with zero attached hydrogens (tertiary/aromatic N) is 1. The van der Waals surface area contributed by atoms with Gasteiger partial charge in [-0.3, -0.25) is 4.99 Å². The normalized spacial score (nSPS) is 11.4. The van der Waals surface area contributed by atoms with E-state index in [0.717, 1.165) is 43.5 Å². The highest BCUT2D eigenvalue weighted by Gasteiger charge is 1.99. The summed E-state index contributed by atoms with van der Waals surface area (Å²) in [6.07, 6.45) is 0.915. The topological polar surface area (TPSA) is 54.9 Å². The minimum Gasteiger partial charge on any atom is -0.497 e. The van der Waals surface area contributed by atoms with Gasteiger partial charge in [0.25, 0.3) is 0 Å². The van der Waals surface area contributed by atoms with E-state index in [1.54, 1.807) is 7.11 Å². The van der Waals surface area contributed by atoms with Crippen molar-refractivity contribution in [2.24, 2.45) is 10.9 Å². The molecular weight excluding hydrogens is 278 g/mol. The van der Waals surface area contributed by atoms with Gasteiger partial charge in [0.2, 0.25) is 0 Å². The molecule has 0 aliphatic carbocycles. The van der Waals surface area contributed by atoms with Gasteiger partial charge >= 0.3 is 0 Å². The first-order valence-electron chi connectivity index (χ1n) is 7.94. The van der Waals surface area contributed by atoms with Crippen molar-refractivity contribution < 1.29 is 9.47 Å². The van der Waals surface area contributed by atoms with Crippen LogP contribution in [0.4, 0.5) is 0 Å². The van der Waals surface area contributed by atoms with Crippen LogP contribution in [0.2, 0.25) is 0 Å². The van der Waals surface area contributed by atoms with Crippen LogP contribution in [0, 0.1) is 5.92 Å². The summed E-state index contributed by atoms with van der Waals surface area (Å²) < 4.78 is 10.8. The van der Waals surface area contributed by atoms with Crippen LogP contribution in [-0.4, -0.2) is 39.3 Å². The summed E-state index contributed by atoms with van der Waals surface area (Å²) in [5, 5.41) is 6.56. The predicted octanol–water partition coefficient (Wildman–Crippen LogP) is 2.68. The highest BCUT2D eigenvalue weighted by Crippen LogP contribution is 2.16. The zero-order valence-corrected chi connectivity index (χ0v) is 14.2. The van der Waals surface area contributed by atoms with Crippen molar-refractivity contribution in [3.05, 3.63) is 24.3 Å². The summed E-state index contributed by atoms with van der Waals surface area (Å²) in [5.41, 5.74) is 0. The number of aliphatic imine (C=N–C) groups is 1. The Bertz CT molecular complexity index is 430. The van der Waals surface area contributed by atoms with Gasteiger partial charge in [-0.05, 0) is 43.5 Å². The van der Waals surface area contributed by atoms with Gasteiger partial charge in [0, 0.05) is 19.6 Å². The maximum absolute atomic E-state index is 5.69. The van der Waals surface area contributed by atoms with Gasteiger partial charge in [-0.15, -0.1) is 0 Å². The average molecular weight is 307 g/mol. The van der Waals surface area contributed by atoms with Crippen LogP contribution in [-0.2, 0) is 0 Å². The second-order valence-corrected chi connectivity index (χ2v) is 5.42. The van der Waals surface area contributed by atoms with Crippen LogP contribution in [0.5, 0.6) is 11.5 Å². The number of benzene rings is 1. The third-order valence-corrected chi connectivity index (χ3v) is 2.90. The third-order valence-electron chi connectivity index (χ3n) is 2.90. The number of ether oxygens (including phenoxy) is 2. The molecule has 0 fully saturated rings. The molecule has 1 aromatic rings. The van der Waals surface area contributed by atoms with Gasteiger partial charge in [0.05, 0.1) is 13.7 Å². The van der Waals surface area contributed by atoms with E-state index in [4.69, 9.17) is 9.47 Å². The lowest BCUT2D eigenvalue weighted by Gasteiger charge is -2.12. The molecule has 0 bridgehead atoms. The summed E-state index contributed by atoms with van der Waals surface area (Å²) in [5.74, 6) is 3.14. The van der Waals surface area contributed by atoms with Crippen LogP contribution in [0.3, 0.4) is 0 Å². The number of nitrogens with one attached hydrogen (secondary N) is 2. The number of rotatable bonds is 9. The molecule has 0 aromatic heterocycles. The van der Waals surface area contributed by atoms with Gasteiger partial charge in [-0.1, -0.05) is 13.8 Å². The van der Waals surface area contributed by atoms with Crippen molar-refractivity contribution in [1.82, 2.24) is 10.6 Å². The molecule has 1 aromatic carbocycles. The summed E-state index contributed by atoms with van der Waals surface area (Å²) in [4.78, 5) is 4.53. The Morgan fingerprint density at radius 2 is 1.82 bits per heavy atom. The fourth-order valence-electron chi connectivity index (χ4n) is 1.76. The first kappa shape index (κ1) is 18.1. The van der Waals surface area contributed by atoms with E-state index in [1.165, 1.54) is 0 Å². The van der Waals surface area contributed by atoms with Crippen molar-refractivity contribution in [3.63, 3.8) is 0 Å². The van der Waals surface area contributed by atoms with Crippen molar-refractivity contribution in [2.45, 2.75) is 27.2 Å². The number of hydrogen-bond donors (Lipinski definition) is 2. The van der Waals surface area contributed by atoms with Crippen LogP contribution < -0.4 is 20.1 Å². The Morgan fingerprint density at radius 3 is 2.41 bits per heavy atom. The molecule has 5 nitrogen and oxygen atoms in total. The maximum atomic E-state index is 5.69. The smallest absolute Gasteiger partial charge is 0.191 e. The fourth-order valence-corrected chi connectivity index (χ4v) is 1.76. The van der Waals surface area contributed by atoms with E-state index in [0.29, 0.717) is 12.5 Å². The molecule has 5 heteroatoms. The van der Waals surface area contributed by atoms with Gasteiger partial charge < -0.3 is 20.1 Å². The molecule has 22 heavy (non-hydrogen) atoms. The zero-order chi connectivity index (χ0) is 16.2. The molecule has 0 amide bonds. The Labute approximate surface area is 134 Å². The minimum atomic E-state index is 0.564. The molecule has 2 N–H and O–H groups in total. The Hall–Kier alpha value is -1.91. The van der Waals surface area contributed by atoms with Gasteiger partial charge in [-0.2, -0.15) is 0 Å². The lowest BCUT2D eigenvalue weighted by Crippen LogP contribution is -2.38. The minimum absolute atomic E-state index is 0.564. The van der Waals surface area contributed by atoms with E-state index < -0.39 is 0 Å². The summed E-state index contributed by atoms with van der Waals surface area (Å²) in [6, 6.07) is 7.63. The monoisotopic (exact) mass is 307 g/mol. The Kier molecular flexibility index (Phi) is 8.88. The molecule has 0 aliphatic heterocycles. The van der Waals surface area contributed by atoms with Crippen molar-refractivity contribution >= 4 is 5.96 Å². The average Bonchev–Trinajstić information content (AvgIpc) is 2.52. The molecule has 0 radical (unpaired) electrons. The van der Waals surface area contributed by atoms with E-state index in [1.807, 2.05) is 24.3 Å². The molecule has 0 saturated carbocycles. The third kappa shape index (κ3) is 7.76. The van der Waals surface area contributed by atoms with E-state index in [9.17, 15) is 0 Å². The van der Waals surface area contributed by atoms with E-state index in [-0.39, 0.29) is 0 Å². The first-order valence-corrected chi connectivity index (χ1v) is 7.94. The molecule has 1 rings (SSSR count). The lowest BCUT2D eigenvalue weighted by molar-refractivity contribution is 0.310. The predicted molar refractivity (Wildman–Crippen MR) is 91.9 cm³/mol. The SMILES string of the molecule is CCNC(=NCC(C)C)NCCCOc1ccc(OC)cc1. The maximum Gasteiger partial charge on any atom is 0.191 e. The van der Waals surface area contributed by atoms with Gasteiger partial charge in [0.15, 0.2) is 5.96 Å². The quantitative estimate of drug-likeness (QED) is 0.418. The number of guanidine groups is 1. The van der Waals surface area contributed by atoms with Crippen molar-refractivity contribution in [1.29, 1.82) is 0 Å². The molecule has 0 heterocycles. The molecule has 0 saturated heterocycles. The van der Waals surface area contributed by atoms with Crippen molar-refractivity contribution in [2.75, 3.05) is 33.4 Å². The Balaban J connectivity index is 2.23. The molecule has 0 atom stereocenters. The number of hydrogen-bond acceptors (Lipinski definition) is 3. The number of methoxy groups -OCH3 is 1. The highest BCUT2D eigenvalue weighted by atomic mass is 16.5. The van der Waals surface area contributed by atoms with Crippen LogP contribution in [0.1, 0.15) is 27.2 Å².